The number of nitro groups is 1. The highest BCUT2D eigenvalue weighted by atomic mass is 16.6. The predicted octanol–water partition coefficient (Wildman–Crippen LogP) is 1.85. The third-order valence-corrected chi connectivity index (χ3v) is 3.20. The lowest BCUT2D eigenvalue weighted by molar-refractivity contribution is -0.385. The molecule has 0 bridgehead atoms. The Bertz CT molecular complexity index is 430. The van der Waals surface area contributed by atoms with Crippen molar-refractivity contribution in [1.29, 1.82) is 0 Å². The lowest BCUT2D eigenvalue weighted by Crippen LogP contribution is -2.39. The van der Waals surface area contributed by atoms with Crippen LogP contribution < -0.4 is 10.6 Å². The van der Waals surface area contributed by atoms with Gasteiger partial charge in [-0.1, -0.05) is 6.42 Å². The van der Waals surface area contributed by atoms with Gasteiger partial charge in [-0.15, -0.1) is 0 Å². The molecule has 0 aliphatic carbocycles. The molecular weight excluding hydrogens is 232 g/mol. The Labute approximate surface area is 106 Å². The predicted molar refractivity (Wildman–Crippen MR) is 69.8 cm³/mol. The zero-order valence-corrected chi connectivity index (χ0v) is 10.5. The van der Waals surface area contributed by atoms with Gasteiger partial charge in [-0.05, 0) is 32.4 Å². The molecule has 2 heterocycles. The molecule has 1 aromatic heterocycles. The molecule has 1 aromatic rings. The molecule has 0 amide bonds. The number of nitrogens with zero attached hydrogens (tertiary/aromatic N) is 2. The fourth-order valence-corrected chi connectivity index (χ4v) is 2.17. The summed E-state index contributed by atoms with van der Waals surface area (Å²) in [5.74, 6) is 0.700. The maximum atomic E-state index is 10.7. The fraction of sp³-hybridized carbons (Fsp3) is 0.583. The summed E-state index contributed by atoms with van der Waals surface area (Å²) in [5, 5.41) is 17.3. The van der Waals surface area contributed by atoms with Crippen molar-refractivity contribution in [2.45, 2.75) is 32.2 Å². The summed E-state index contributed by atoms with van der Waals surface area (Å²) in [7, 11) is 0. The van der Waals surface area contributed by atoms with E-state index in [1.54, 1.807) is 13.0 Å². The highest BCUT2D eigenvalue weighted by Crippen LogP contribution is 2.18. The molecule has 98 valence electrons. The summed E-state index contributed by atoms with van der Waals surface area (Å²) >= 11 is 0. The Balaban J connectivity index is 1.93. The maximum Gasteiger partial charge on any atom is 0.290 e. The number of hydrogen-bond acceptors (Lipinski definition) is 5. The van der Waals surface area contributed by atoms with Crippen LogP contribution >= 0.6 is 0 Å². The molecule has 1 aliphatic heterocycles. The van der Waals surface area contributed by atoms with Crippen molar-refractivity contribution in [3.8, 4) is 0 Å². The molecule has 0 radical (unpaired) electrons. The third kappa shape index (κ3) is 3.16. The van der Waals surface area contributed by atoms with Gasteiger partial charge in [-0.3, -0.25) is 10.1 Å². The van der Waals surface area contributed by atoms with E-state index in [2.05, 4.69) is 15.6 Å². The van der Waals surface area contributed by atoms with Crippen molar-refractivity contribution in [2.75, 3.05) is 18.4 Å². The zero-order chi connectivity index (χ0) is 13.0. The quantitative estimate of drug-likeness (QED) is 0.629. The molecule has 6 nitrogen and oxygen atoms in total. The van der Waals surface area contributed by atoms with Crippen molar-refractivity contribution in [1.82, 2.24) is 10.3 Å². The molecule has 2 rings (SSSR count). The summed E-state index contributed by atoms with van der Waals surface area (Å²) in [5.41, 5.74) is 0.512. The number of nitrogens with one attached hydrogen (secondary N) is 2. The first-order chi connectivity index (χ1) is 8.66. The summed E-state index contributed by atoms with van der Waals surface area (Å²) < 4.78 is 0. The van der Waals surface area contributed by atoms with E-state index in [0.29, 0.717) is 17.6 Å². The number of anilines is 1. The minimum Gasteiger partial charge on any atom is -0.368 e. The molecule has 2 N–H and O–H groups in total. The topological polar surface area (TPSA) is 80.1 Å². The highest BCUT2D eigenvalue weighted by Gasteiger charge is 2.14. The van der Waals surface area contributed by atoms with Gasteiger partial charge < -0.3 is 10.6 Å². The minimum absolute atomic E-state index is 0.0661. The van der Waals surface area contributed by atoms with E-state index < -0.39 is 4.92 Å². The molecule has 18 heavy (non-hydrogen) atoms. The molecule has 1 atom stereocenters. The number of piperidine rings is 1. The van der Waals surface area contributed by atoms with Gasteiger partial charge in [-0.25, -0.2) is 4.98 Å². The van der Waals surface area contributed by atoms with Gasteiger partial charge in [0.15, 0.2) is 0 Å². The third-order valence-electron chi connectivity index (χ3n) is 3.20. The van der Waals surface area contributed by atoms with Gasteiger partial charge in [-0.2, -0.15) is 0 Å². The van der Waals surface area contributed by atoms with E-state index >= 15 is 0 Å². The molecule has 0 saturated carbocycles. The molecule has 1 fully saturated rings. The van der Waals surface area contributed by atoms with Crippen molar-refractivity contribution >= 4 is 11.5 Å². The van der Waals surface area contributed by atoms with Crippen LogP contribution in [0.2, 0.25) is 0 Å². The zero-order valence-electron chi connectivity index (χ0n) is 10.5. The number of pyridine rings is 1. The normalized spacial score (nSPS) is 19.5. The second kappa shape index (κ2) is 5.77. The van der Waals surface area contributed by atoms with E-state index in [9.17, 15) is 10.1 Å². The second-order valence-electron chi connectivity index (χ2n) is 4.59. The van der Waals surface area contributed by atoms with Crippen LogP contribution in [0.25, 0.3) is 0 Å². The standard InChI is InChI=1S/C12H18N4O2/c1-9-11(16(17)18)5-6-12(15-9)14-8-10-4-2-3-7-13-10/h5-6,10,13H,2-4,7-8H2,1H3,(H,14,15). The van der Waals surface area contributed by atoms with Gasteiger partial charge in [0.05, 0.1) is 4.92 Å². The number of aromatic nitrogens is 1. The number of aryl methyl sites for hydroxylation is 1. The summed E-state index contributed by atoms with van der Waals surface area (Å²) in [4.78, 5) is 14.5. The van der Waals surface area contributed by atoms with Crippen LogP contribution in [0, 0.1) is 17.0 Å². The van der Waals surface area contributed by atoms with E-state index in [-0.39, 0.29) is 5.69 Å². The van der Waals surface area contributed by atoms with Gasteiger partial charge >= 0.3 is 0 Å². The Kier molecular flexibility index (Phi) is 4.09. The number of rotatable bonds is 4. The van der Waals surface area contributed by atoms with Crippen LogP contribution in [0.15, 0.2) is 12.1 Å². The minimum atomic E-state index is -0.408. The van der Waals surface area contributed by atoms with E-state index in [0.717, 1.165) is 13.1 Å². The van der Waals surface area contributed by atoms with Crippen LogP contribution in [0.3, 0.4) is 0 Å². The molecule has 1 unspecified atom stereocenters. The average Bonchev–Trinajstić information content (AvgIpc) is 2.37. The molecule has 0 spiro atoms. The first kappa shape index (κ1) is 12.8. The van der Waals surface area contributed by atoms with E-state index in [1.165, 1.54) is 25.3 Å². The van der Waals surface area contributed by atoms with Gasteiger partial charge in [0.1, 0.15) is 11.5 Å². The first-order valence-electron chi connectivity index (χ1n) is 6.26. The van der Waals surface area contributed by atoms with Crippen LogP contribution in [0.4, 0.5) is 11.5 Å². The van der Waals surface area contributed by atoms with E-state index in [4.69, 9.17) is 0 Å². The lowest BCUT2D eigenvalue weighted by Gasteiger charge is -2.23. The van der Waals surface area contributed by atoms with Gasteiger partial charge in [0, 0.05) is 18.7 Å². The lowest BCUT2D eigenvalue weighted by atomic mass is 10.1. The van der Waals surface area contributed by atoms with E-state index in [1.807, 2.05) is 0 Å². The van der Waals surface area contributed by atoms with Gasteiger partial charge in [0.25, 0.3) is 5.69 Å². The summed E-state index contributed by atoms with van der Waals surface area (Å²) in [6.45, 7) is 3.53. The Hall–Kier alpha value is -1.69. The van der Waals surface area contributed by atoms with Crippen molar-refractivity contribution < 1.29 is 4.92 Å². The fourth-order valence-electron chi connectivity index (χ4n) is 2.17. The summed E-state index contributed by atoms with van der Waals surface area (Å²) in [6, 6.07) is 3.63. The molecule has 1 aliphatic rings. The van der Waals surface area contributed by atoms with Crippen molar-refractivity contribution in [3.05, 3.63) is 27.9 Å². The smallest absolute Gasteiger partial charge is 0.290 e. The molecular formula is C12H18N4O2. The number of hydrogen-bond donors (Lipinski definition) is 2. The van der Waals surface area contributed by atoms with Crippen LogP contribution in [0.1, 0.15) is 25.0 Å². The van der Waals surface area contributed by atoms with Gasteiger partial charge in [0.2, 0.25) is 0 Å². The van der Waals surface area contributed by atoms with Crippen LogP contribution in [-0.2, 0) is 0 Å². The Morgan fingerprint density at radius 1 is 1.56 bits per heavy atom. The largest absolute Gasteiger partial charge is 0.368 e. The van der Waals surface area contributed by atoms with Crippen molar-refractivity contribution in [3.63, 3.8) is 0 Å². The highest BCUT2D eigenvalue weighted by molar-refractivity contribution is 5.44. The maximum absolute atomic E-state index is 10.7. The Morgan fingerprint density at radius 2 is 2.39 bits per heavy atom. The molecule has 1 saturated heterocycles. The summed E-state index contributed by atoms with van der Waals surface area (Å²) in [6.07, 6.45) is 3.66. The molecule has 0 aromatic carbocycles. The monoisotopic (exact) mass is 250 g/mol. The molecule has 6 heteroatoms. The SMILES string of the molecule is Cc1nc(NCC2CCCCN2)ccc1[N+](=O)[O-]. The Morgan fingerprint density at radius 3 is 3.00 bits per heavy atom. The first-order valence-corrected chi connectivity index (χ1v) is 6.26. The second-order valence-corrected chi connectivity index (χ2v) is 4.59. The average molecular weight is 250 g/mol. The van der Waals surface area contributed by atoms with Crippen molar-refractivity contribution in [2.24, 2.45) is 0 Å². The van der Waals surface area contributed by atoms with Crippen LogP contribution in [0.5, 0.6) is 0 Å². The van der Waals surface area contributed by atoms with Crippen LogP contribution in [-0.4, -0.2) is 29.0 Å².